The van der Waals surface area contributed by atoms with Gasteiger partial charge in [0.25, 0.3) is 5.91 Å². The number of phenols is 1. The summed E-state index contributed by atoms with van der Waals surface area (Å²) in [6, 6.07) is 24.0. The van der Waals surface area contributed by atoms with E-state index >= 15 is 0 Å². The molecule has 4 aromatic carbocycles. The molecular weight excluding hydrogens is 614 g/mol. The highest BCUT2D eigenvalue weighted by molar-refractivity contribution is 5.99. The molecule has 1 aliphatic heterocycles. The van der Waals surface area contributed by atoms with Crippen molar-refractivity contribution in [3.8, 4) is 5.75 Å². The van der Waals surface area contributed by atoms with Gasteiger partial charge in [-0.2, -0.15) is 0 Å². The van der Waals surface area contributed by atoms with Crippen LogP contribution in [0.4, 0.5) is 5.69 Å². The van der Waals surface area contributed by atoms with Crippen molar-refractivity contribution in [1.29, 1.82) is 0 Å². The number of aromatic hydroxyl groups is 1. The lowest BCUT2D eigenvalue weighted by molar-refractivity contribution is -0.385. The molecule has 246 valence electrons. The molecule has 1 unspecified atom stereocenters. The Labute approximate surface area is 276 Å². The number of nitrogens with zero attached hydrogens (tertiary/aromatic N) is 1. The molecule has 48 heavy (non-hydrogen) atoms. The second-order valence-corrected chi connectivity index (χ2v) is 12.5. The third-order valence-corrected chi connectivity index (χ3v) is 9.41. The number of ether oxygens (including phenoxy) is 1. The number of fused-ring (bicyclic) bond motifs is 2. The molecule has 11 heteroatoms. The number of nitrogens with two attached hydrogens (primary N) is 1. The number of aryl methyl sites for hydroxylation is 1. The number of rotatable bonds is 14. The van der Waals surface area contributed by atoms with Crippen LogP contribution in [0, 0.1) is 22.0 Å². The molecule has 0 saturated carbocycles. The molecule has 0 bridgehead atoms. The summed E-state index contributed by atoms with van der Waals surface area (Å²) >= 11 is 0. The van der Waals surface area contributed by atoms with E-state index in [-0.39, 0.29) is 31.0 Å². The fraction of sp³-hybridized carbons (Fsp3) is 0.297. The maximum absolute atomic E-state index is 13.8. The maximum Gasteiger partial charge on any atom is 0.310 e. The molecule has 4 aromatic rings. The van der Waals surface area contributed by atoms with Crippen molar-refractivity contribution in [3.05, 3.63) is 117 Å². The number of amides is 2. The second-order valence-electron chi connectivity index (χ2n) is 12.5. The molecule has 0 aromatic heterocycles. The largest absolute Gasteiger partial charge is 0.502 e. The Morgan fingerprint density at radius 2 is 1.62 bits per heavy atom. The summed E-state index contributed by atoms with van der Waals surface area (Å²) < 4.78 is 5.48. The first-order valence-electron chi connectivity index (χ1n) is 15.9. The van der Waals surface area contributed by atoms with Gasteiger partial charge in [0.1, 0.15) is 0 Å². The molecule has 1 saturated heterocycles. The third kappa shape index (κ3) is 7.11. The minimum atomic E-state index is -1.21. The van der Waals surface area contributed by atoms with Gasteiger partial charge in [-0.1, -0.05) is 72.8 Å². The summed E-state index contributed by atoms with van der Waals surface area (Å²) in [5.74, 6) is -3.58. The van der Waals surface area contributed by atoms with E-state index in [0.29, 0.717) is 24.8 Å². The van der Waals surface area contributed by atoms with Gasteiger partial charge >= 0.3 is 5.69 Å². The van der Waals surface area contributed by atoms with E-state index in [0.717, 1.165) is 39.6 Å². The quantitative estimate of drug-likeness (QED) is 0.104. The summed E-state index contributed by atoms with van der Waals surface area (Å²) in [6.07, 6.45) is -0.674. The van der Waals surface area contributed by atoms with Crippen LogP contribution in [0.2, 0.25) is 0 Å². The Bertz CT molecular complexity index is 1890. The van der Waals surface area contributed by atoms with Crippen LogP contribution in [0.1, 0.15) is 35.1 Å². The van der Waals surface area contributed by atoms with Crippen molar-refractivity contribution in [1.82, 2.24) is 5.32 Å². The SMILES string of the molecule is NC(=O)[C@H](CC(=O)[C@@H](Cc1ccc(O)c([N+](=O)[O-])c1)NC(=O)C1O[C@@H]1C(=O)CCc1cccc2ccccc12)C1Cc2ccccc2C1. The molecule has 1 aliphatic carbocycles. The van der Waals surface area contributed by atoms with Crippen molar-refractivity contribution < 1.29 is 33.9 Å². The lowest BCUT2D eigenvalue weighted by Gasteiger charge is -2.23. The molecule has 4 N–H and O–H groups in total. The molecule has 0 radical (unpaired) electrons. The van der Waals surface area contributed by atoms with Crippen LogP contribution >= 0.6 is 0 Å². The van der Waals surface area contributed by atoms with Gasteiger partial charge in [0, 0.05) is 24.8 Å². The Kier molecular flexibility index (Phi) is 9.31. The van der Waals surface area contributed by atoms with E-state index in [1.807, 2.05) is 66.7 Å². The van der Waals surface area contributed by atoms with Crippen molar-refractivity contribution in [3.63, 3.8) is 0 Å². The molecule has 1 heterocycles. The number of phenolic OH excluding ortho intramolecular Hbond substituents is 1. The second kappa shape index (κ2) is 13.7. The van der Waals surface area contributed by atoms with Crippen molar-refractivity contribution in [2.75, 3.05) is 0 Å². The first kappa shape index (κ1) is 32.5. The van der Waals surface area contributed by atoms with Crippen LogP contribution < -0.4 is 11.1 Å². The zero-order valence-corrected chi connectivity index (χ0v) is 26.0. The lowest BCUT2D eigenvalue weighted by atomic mass is 9.83. The molecule has 11 nitrogen and oxygen atoms in total. The molecular formula is C37H35N3O8. The Balaban J connectivity index is 1.14. The van der Waals surface area contributed by atoms with Gasteiger partial charge < -0.3 is 20.9 Å². The molecule has 1 fully saturated rings. The fourth-order valence-corrected chi connectivity index (χ4v) is 6.78. The van der Waals surface area contributed by atoms with Gasteiger partial charge in [0.2, 0.25) is 5.91 Å². The van der Waals surface area contributed by atoms with Crippen LogP contribution in [-0.4, -0.2) is 51.7 Å². The topological polar surface area (TPSA) is 182 Å². The lowest BCUT2D eigenvalue weighted by Crippen LogP contribution is -2.46. The molecule has 6 rings (SSSR count). The van der Waals surface area contributed by atoms with Gasteiger partial charge in [-0.15, -0.1) is 0 Å². The highest BCUT2D eigenvalue weighted by Gasteiger charge is 2.50. The maximum atomic E-state index is 13.8. The van der Waals surface area contributed by atoms with E-state index < -0.39 is 58.1 Å². The first-order chi connectivity index (χ1) is 23.1. The number of hydrogen-bond acceptors (Lipinski definition) is 8. The average Bonchev–Trinajstić information content (AvgIpc) is 3.77. The van der Waals surface area contributed by atoms with Gasteiger partial charge in [-0.05, 0) is 70.7 Å². The standard InChI is InChI=1S/C37H35N3O8/c38-36(44)28(26-18-24-7-1-2-8-25(24)19-26)20-33(43)29(16-21-12-14-31(41)30(17-21)40(46)47)39-37(45)35-34(48-35)32(42)15-13-23-10-5-9-22-6-3-4-11-27(22)23/h1-12,14,17,26,28-29,34-35,41H,13,15-16,18-20H2,(H2,38,44)(H,39,45)/t28-,29-,34-,35?/m1/s1. The van der Waals surface area contributed by atoms with Crippen LogP contribution in [0.5, 0.6) is 5.75 Å². The summed E-state index contributed by atoms with van der Waals surface area (Å²) in [4.78, 5) is 63.5. The number of primary amides is 1. The number of carbonyl (C=O) groups is 4. The van der Waals surface area contributed by atoms with Crippen LogP contribution in [0.25, 0.3) is 10.8 Å². The Morgan fingerprint density at radius 1 is 0.938 bits per heavy atom. The molecule has 0 spiro atoms. The zero-order chi connectivity index (χ0) is 33.9. The minimum Gasteiger partial charge on any atom is -0.502 e. The van der Waals surface area contributed by atoms with E-state index in [9.17, 15) is 34.4 Å². The van der Waals surface area contributed by atoms with Gasteiger partial charge in [0.05, 0.1) is 11.0 Å². The van der Waals surface area contributed by atoms with Crippen molar-refractivity contribution in [2.24, 2.45) is 17.6 Å². The fourth-order valence-electron chi connectivity index (χ4n) is 6.78. The van der Waals surface area contributed by atoms with E-state index in [2.05, 4.69) is 5.32 Å². The zero-order valence-electron chi connectivity index (χ0n) is 26.0. The van der Waals surface area contributed by atoms with E-state index in [4.69, 9.17) is 10.5 Å². The number of Topliss-reactive ketones (excluding diaryl/α,β-unsaturated/α-hetero) is 2. The minimum absolute atomic E-state index is 0.158. The number of carbonyl (C=O) groups excluding carboxylic acids is 4. The van der Waals surface area contributed by atoms with Crippen molar-refractivity contribution in [2.45, 2.75) is 56.8 Å². The Hall–Kier alpha value is -5.42. The van der Waals surface area contributed by atoms with Crippen LogP contribution in [0.15, 0.2) is 84.9 Å². The van der Waals surface area contributed by atoms with E-state index in [1.54, 1.807) is 0 Å². The average molecular weight is 650 g/mol. The van der Waals surface area contributed by atoms with Crippen molar-refractivity contribution >= 4 is 39.8 Å². The first-order valence-corrected chi connectivity index (χ1v) is 15.9. The molecule has 4 atom stereocenters. The highest BCUT2D eigenvalue weighted by Crippen LogP contribution is 2.34. The number of epoxide rings is 1. The Morgan fingerprint density at radius 3 is 2.33 bits per heavy atom. The monoisotopic (exact) mass is 649 g/mol. The summed E-state index contributed by atoms with van der Waals surface area (Å²) in [6.45, 7) is 0. The summed E-state index contributed by atoms with van der Waals surface area (Å²) in [5, 5.41) is 26.2. The molecule has 2 amide bonds. The predicted octanol–water partition coefficient (Wildman–Crippen LogP) is 3.93. The number of benzene rings is 4. The summed E-state index contributed by atoms with van der Waals surface area (Å²) in [5.41, 5.74) is 8.73. The summed E-state index contributed by atoms with van der Waals surface area (Å²) in [7, 11) is 0. The number of nitro benzene ring substituents is 1. The van der Waals surface area contributed by atoms with Gasteiger partial charge in [-0.3, -0.25) is 29.3 Å². The van der Waals surface area contributed by atoms with Gasteiger partial charge in [-0.25, -0.2) is 0 Å². The van der Waals surface area contributed by atoms with E-state index in [1.165, 1.54) is 6.07 Å². The smallest absolute Gasteiger partial charge is 0.310 e. The number of nitro groups is 1. The third-order valence-electron chi connectivity index (χ3n) is 9.41. The highest BCUT2D eigenvalue weighted by atomic mass is 16.6. The number of ketones is 2. The number of hydrogen-bond donors (Lipinski definition) is 3. The van der Waals surface area contributed by atoms with Gasteiger partial charge in [0.15, 0.2) is 29.5 Å². The van der Waals surface area contributed by atoms with Crippen LogP contribution in [0.3, 0.4) is 0 Å². The number of nitrogens with one attached hydrogen (secondary N) is 1. The molecule has 2 aliphatic rings. The van der Waals surface area contributed by atoms with Crippen LogP contribution in [-0.2, 0) is 49.6 Å². The predicted molar refractivity (Wildman–Crippen MR) is 176 cm³/mol. The normalized spacial score (nSPS) is 18.1.